The first-order valence-corrected chi connectivity index (χ1v) is 21.8. The van der Waals surface area contributed by atoms with Crippen molar-refractivity contribution in [1.29, 1.82) is 0 Å². The van der Waals surface area contributed by atoms with Gasteiger partial charge in [0.25, 0.3) is 8.32 Å². The molecule has 2 bridgehead atoms. The average molecular weight is 698 g/mol. The zero-order chi connectivity index (χ0) is 34.8. The van der Waals surface area contributed by atoms with Gasteiger partial charge in [-0.2, -0.15) is 0 Å². The van der Waals surface area contributed by atoms with Gasteiger partial charge in [-0.25, -0.2) is 0 Å². The van der Waals surface area contributed by atoms with Crippen LogP contribution in [-0.2, 0) is 8.77 Å². The van der Waals surface area contributed by atoms with Gasteiger partial charge in [-0.05, 0) is 46.2 Å². The van der Waals surface area contributed by atoms with Crippen LogP contribution in [0.3, 0.4) is 0 Å². The summed E-state index contributed by atoms with van der Waals surface area (Å²) in [7, 11) is -1.82. The van der Waals surface area contributed by atoms with Crippen LogP contribution in [0.5, 0.6) is 0 Å². The molecule has 6 aromatic carbocycles. The molecule has 3 nitrogen and oxygen atoms in total. The third-order valence-corrected chi connectivity index (χ3v) is 18.3. The molecular formula is C45H44BNO2Si2. The molecule has 0 aliphatic heterocycles. The molecule has 1 saturated carbocycles. The van der Waals surface area contributed by atoms with Gasteiger partial charge in [0.1, 0.15) is 0 Å². The van der Waals surface area contributed by atoms with E-state index in [1.807, 2.05) is 18.2 Å². The minimum absolute atomic E-state index is 0.651. The van der Waals surface area contributed by atoms with Gasteiger partial charge < -0.3 is 4.43 Å². The maximum atomic E-state index is 7.13. The second-order valence-corrected chi connectivity index (χ2v) is 20.1. The molecule has 3 atom stereocenters. The van der Waals surface area contributed by atoms with E-state index < -0.39 is 16.6 Å². The van der Waals surface area contributed by atoms with Crippen LogP contribution in [0.4, 0.5) is 0 Å². The van der Waals surface area contributed by atoms with Crippen LogP contribution in [0.25, 0.3) is 0 Å². The summed E-state index contributed by atoms with van der Waals surface area (Å²) in [5.41, 5.74) is 0. The third-order valence-electron chi connectivity index (χ3n) is 10.3. The SMILES string of the molecule is C1=CC2CC1CC2CO[Si](c1ccccc1)(c1ccccc1)c1ccccc1.CN=BO[Si](c1ccccc1)(c1ccccc1)c1ccccc1. The Morgan fingerprint density at radius 2 is 0.843 bits per heavy atom. The van der Waals surface area contributed by atoms with Crippen molar-refractivity contribution in [3.8, 4) is 0 Å². The van der Waals surface area contributed by atoms with Crippen LogP contribution >= 0.6 is 0 Å². The van der Waals surface area contributed by atoms with Gasteiger partial charge in [-0.3, -0.25) is 0 Å². The van der Waals surface area contributed by atoms with E-state index >= 15 is 0 Å². The molecule has 51 heavy (non-hydrogen) atoms. The van der Waals surface area contributed by atoms with Gasteiger partial charge in [-0.1, -0.05) is 103 Å². The second kappa shape index (κ2) is 16.4. The van der Waals surface area contributed by atoms with Gasteiger partial charge in [0.05, 0.1) is 0 Å². The van der Waals surface area contributed by atoms with Gasteiger partial charge in [-0.15, -0.1) is 0 Å². The van der Waals surface area contributed by atoms with Crippen LogP contribution in [0.15, 0.2) is 199 Å². The number of nitrogens with zero attached hydrogens (tertiary/aromatic N) is 1. The molecule has 0 spiro atoms. The summed E-state index contributed by atoms with van der Waals surface area (Å²) in [6.07, 6.45) is 7.45. The van der Waals surface area contributed by atoms with Crippen molar-refractivity contribution in [2.24, 2.45) is 22.6 Å². The van der Waals surface area contributed by atoms with Crippen molar-refractivity contribution in [2.75, 3.05) is 13.7 Å². The Kier molecular flexibility index (Phi) is 11.1. The van der Waals surface area contributed by atoms with Crippen molar-refractivity contribution in [3.63, 3.8) is 0 Å². The number of hydrogen-bond donors (Lipinski definition) is 0. The van der Waals surface area contributed by atoms with Crippen LogP contribution < -0.4 is 31.1 Å². The molecule has 6 aromatic rings. The molecule has 2 aliphatic rings. The topological polar surface area (TPSA) is 30.8 Å². The first-order valence-electron chi connectivity index (χ1n) is 18.0. The van der Waals surface area contributed by atoms with E-state index in [2.05, 4.69) is 181 Å². The zero-order valence-electron chi connectivity index (χ0n) is 29.2. The van der Waals surface area contributed by atoms with Gasteiger partial charge >= 0.3 is 138 Å². The molecular weight excluding hydrogens is 653 g/mol. The van der Waals surface area contributed by atoms with E-state index in [1.54, 1.807) is 14.3 Å². The monoisotopic (exact) mass is 697 g/mol. The predicted molar refractivity (Wildman–Crippen MR) is 218 cm³/mol. The summed E-state index contributed by atoms with van der Waals surface area (Å²) < 4.78 is 13.5. The van der Waals surface area contributed by atoms with Gasteiger partial charge in [0.2, 0.25) is 0 Å². The Labute approximate surface area is 305 Å². The van der Waals surface area contributed by atoms with Gasteiger partial charge in [0, 0.05) is 6.61 Å². The zero-order valence-corrected chi connectivity index (χ0v) is 31.2. The number of rotatable bonds is 11. The van der Waals surface area contributed by atoms with E-state index in [1.165, 1.54) is 44.0 Å². The molecule has 6 heteroatoms. The molecule has 0 saturated heterocycles. The number of fused-ring (bicyclic) bond motifs is 2. The molecule has 0 N–H and O–H groups in total. The van der Waals surface area contributed by atoms with Crippen molar-refractivity contribution in [3.05, 3.63) is 194 Å². The molecule has 0 heterocycles. The summed E-state index contributed by atoms with van der Waals surface area (Å²) in [5.74, 6) is 2.14. The van der Waals surface area contributed by atoms with Crippen LogP contribution in [-0.4, -0.2) is 37.6 Å². The fourth-order valence-corrected chi connectivity index (χ4v) is 15.5. The molecule has 2 aliphatic carbocycles. The Morgan fingerprint density at radius 3 is 1.14 bits per heavy atom. The van der Waals surface area contributed by atoms with E-state index in [0.717, 1.165) is 12.5 Å². The Hall–Kier alpha value is -4.88. The molecule has 3 unspecified atom stereocenters. The van der Waals surface area contributed by atoms with E-state index in [9.17, 15) is 0 Å². The second-order valence-electron chi connectivity index (χ2n) is 13.4. The standard InChI is InChI=1S/C26H26OSi.C19H18BNOSi/c1-4-10-24(11-5-1)28(25-12-6-2-7-13-25,26-14-8-3-9-15-26)27-20-23-19-21-16-17-22(23)18-21;1-21-20-22-23(17-11-5-2-6-12-17,18-13-7-3-8-14-18)19-15-9-4-10-16-19/h1-17,21-23H,18-20H2;2-16H,1H3. The van der Waals surface area contributed by atoms with Crippen LogP contribution in [0, 0.1) is 17.8 Å². The van der Waals surface area contributed by atoms with E-state index in [4.69, 9.17) is 8.77 Å². The summed E-state index contributed by atoms with van der Waals surface area (Å²) in [5, 5.41) is 7.59. The molecule has 0 radical (unpaired) electrons. The fraction of sp³-hybridized carbons (Fsp3) is 0.156. The van der Waals surface area contributed by atoms with Crippen molar-refractivity contribution >= 4 is 55.0 Å². The number of hydrogen-bond acceptors (Lipinski definition) is 3. The average Bonchev–Trinajstić information content (AvgIpc) is 3.86. The minimum atomic E-state index is -2.59. The molecule has 252 valence electrons. The normalized spacial score (nSPS) is 17.8. The summed E-state index contributed by atoms with van der Waals surface area (Å²) >= 11 is 0. The first-order chi connectivity index (χ1) is 25.2. The van der Waals surface area contributed by atoms with Crippen molar-refractivity contribution < 1.29 is 8.77 Å². The summed E-state index contributed by atoms with van der Waals surface area (Å²) in [6.45, 7) is 0.844. The molecule has 0 aromatic heterocycles. The summed E-state index contributed by atoms with van der Waals surface area (Å²) in [4.78, 5) is 4.08. The fourth-order valence-electron chi connectivity index (χ4n) is 7.94. The van der Waals surface area contributed by atoms with Crippen molar-refractivity contribution in [1.82, 2.24) is 0 Å². The number of allylic oxidation sites excluding steroid dienone is 2. The third kappa shape index (κ3) is 7.31. The number of benzene rings is 6. The Balaban J connectivity index is 0.000000163. The molecule has 8 rings (SSSR count). The predicted octanol–water partition coefficient (Wildman–Crippen LogP) is 5.99. The maximum absolute atomic E-state index is 7.13. The summed E-state index contributed by atoms with van der Waals surface area (Å²) in [6, 6.07) is 64.1. The Morgan fingerprint density at radius 1 is 0.490 bits per heavy atom. The first kappa shape index (κ1) is 34.6. The quantitative estimate of drug-likeness (QED) is 0.0948. The van der Waals surface area contributed by atoms with Crippen LogP contribution in [0.2, 0.25) is 0 Å². The Bertz CT molecular complexity index is 1800. The molecule has 1 fully saturated rings. The van der Waals surface area contributed by atoms with Crippen LogP contribution in [0.1, 0.15) is 12.8 Å². The van der Waals surface area contributed by atoms with Crippen molar-refractivity contribution in [2.45, 2.75) is 12.8 Å². The van der Waals surface area contributed by atoms with Gasteiger partial charge in [0.15, 0.2) is 0 Å². The molecule has 0 amide bonds. The van der Waals surface area contributed by atoms with E-state index in [0.29, 0.717) is 11.8 Å². The van der Waals surface area contributed by atoms with E-state index in [-0.39, 0.29) is 0 Å².